The molecule has 1 fully saturated rings. The largest absolute Gasteiger partial charge is 0.379 e. The van der Waals surface area contributed by atoms with Crippen LogP contribution >= 0.6 is 0 Å². The number of nitrogens with zero attached hydrogens (tertiary/aromatic N) is 2. The molecule has 1 N–H and O–H groups in total. The summed E-state index contributed by atoms with van der Waals surface area (Å²) in [5, 5.41) is 3.12. The quantitative estimate of drug-likeness (QED) is 0.711. The monoisotopic (exact) mass is 249 g/mol. The van der Waals surface area contributed by atoms with Crippen LogP contribution < -0.4 is 10.2 Å². The highest BCUT2D eigenvalue weighted by Gasteiger charge is 2.20. The average Bonchev–Trinajstić information content (AvgIpc) is 3.19. The lowest BCUT2D eigenvalue weighted by atomic mass is 10.3. The van der Waals surface area contributed by atoms with Crippen LogP contribution in [0.3, 0.4) is 0 Å². The molecule has 1 saturated carbocycles. The lowest BCUT2D eigenvalue weighted by molar-refractivity contribution is 0.131. The molecular formula is C14H23N3O. The van der Waals surface area contributed by atoms with Crippen LogP contribution in [0.15, 0.2) is 18.2 Å². The summed E-state index contributed by atoms with van der Waals surface area (Å²) < 4.78 is 5.65. The van der Waals surface area contributed by atoms with E-state index in [1.807, 2.05) is 19.2 Å². The number of aromatic nitrogens is 1. The van der Waals surface area contributed by atoms with Gasteiger partial charge in [0.2, 0.25) is 0 Å². The predicted octanol–water partition coefficient (Wildman–Crippen LogP) is 1.66. The van der Waals surface area contributed by atoms with Crippen molar-refractivity contribution in [1.82, 2.24) is 10.3 Å². The zero-order valence-corrected chi connectivity index (χ0v) is 11.4. The molecule has 0 aliphatic heterocycles. The lowest BCUT2D eigenvalue weighted by Gasteiger charge is -2.18. The summed E-state index contributed by atoms with van der Waals surface area (Å²) in [6, 6.07) is 6.13. The molecule has 0 atom stereocenters. The summed E-state index contributed by atoms with van der Waals surface area (Å²) in [6.45, 7) is 3.41. The van der Waals surface area contributed by atoms with E-state index >= 15 is 0 Å². The minimum atomic E-state index is 0.783. The fourth-order valence-corrected chi connectivity index (χ4v) is 1.81. The van der Waals surface area contributed by atoms with Crippen molar-refractivity contribution in [3.05, 3.63) is 23.9 Å². The number of hydrogen-bond acceptors (Lipinski definition) is 4. The summed E-state index contributed by atoms with van der Waals surface area (Å²) in [4.78, 5) is 6.74. The Hall–Kier alpha value is -1.13. The summed E-state index contributed by atoms with van der Waals surface area (Å²) in [7, 11) is 4.00. The first-order valence-corrected chi connectivity index (χ1v) is 6.69. The number of rotatable bonds is 8. The molecule has 1 aromatic rings. The van der Waals surface area contributed by atoms with Crippen LogP contribution in [-0.4, -0.2) is 38.8 Å². The maximum absolute atomic E-state index is 5.65. The maximum atomic E-state index is 5.65. The molecule has 2 rings (SSSR count). The van der Waals surface area contributed by atoms with E-state index < -0.39 is 0 Å². The van der Waals surface area contributed by atoms with Crippen LogP contribution in [0.1, 0.15) is 18.5 Å². The number of ether oxygens (including phenoxy) is 1. The second-order valence-electron chi connectivity index (χ2n) is 4.96. The summed E-state index contributed by atoms with van der Waals surface area (Å²) in [5.74, 6) is 1.85. The minimum Gasteiger partial charge on any atom is -0.379 e. The molecule has 4 nitrogen and oxygen atoms in total. The van der Waals surface area contributed by atoms with Gasteiger partial charge in [-0.2, -0.15) is 0 Å². The van der Waals surface area contributed by atoms with Crippen molar-refractivity contribution in [3.8, 4) is 0 Å². The number of anilines is 1. The molecule has 0 aromatic carbocycles. The van der Waals surface area contributed by atoms with Crippen molar-refractivity contribution in [2.24, 2.45) is 5.92 Å². The van der Waals surface area contributed by atoms with E-state index in [1.165, 1.54) is 12.8 Å². The highest BCUT2D eigenvalue weighted by molar-refractivity contribution is 5.38. The molecule has 0 radical (unpaired) electrons. The smallest absolute Gasteiger partial charge is 0.128 e. The molecule has 0 unspecified atom stereocenters. The van der Waals surface area contributed by atoms with Crippen LogP contribution in [0.2, 0.25) is 0 Å². The van der Waals surface area contributed by atoms with E-state index in [9.17, 15) is 0 Å². The van der Waals surface area contributed by atoms with Gasteiger partial charge in [-0.1, -0.05) is 6.07 Å². The Bertz CT molecular complexity index is 366. The van der Waals surface area contributed by atoms with Gasteiger partial charge in [0.25, 0.3) is 0 Å². The van der Waals surface area contributed by atoms with Gasteiger partial charge in [-0.15, -0.1) is 0 Å². The van der Waals surface area contributed by atoms with Crippen molar-refractivity contribution in [2.75, 3.05) is 38.8 Å². The van der Waals surface area contributed by atoms with Gasteiger partial charge in [0.05, 0.1) is 12.3 Å². The van der Waals surface area contributed by atoms with Crippen molar-refractivity contribution >= 4 is 5.82 Å². The van der Waals surface area contributed by atoms with E-state index in [0.29, 0.717) is 0 Å². The number of pyridine rings is 1. The second kappa shape index (κ2) is 6.71. The molecular weight excluding hydrogens is 226 g/mol. The third-order valence-corrected chi connectivity index (χ3v) is 3.16. The van der Waals surface area contributed by atoms with Gasteiger partial charge in [-0.05, 0) is 37.9 Å². The zero-order chi connectivity index (χ0) is 12.8. The molecule has 4 heteroatoms. The molecule has 1 heterocycles. The fourth-order valence-electron chi connectivity index (χ4n) is 1.81. The molecule has 0 spiro atoms. The first-order valence-electron chi connectivity index (χ1n) is 6.69. The number of likely N-dealkylation sites (N-methyl/N-ethyl adjacent to an activating group) is 1. The first kappa shape index (κ1) is 13.3. The third-order valence-electron chi connectivity index (χ3n) is 3.16. The zero-order valence-electron chi connectivity index (χ0n) is 11.4. The fraction of sp³-hybridized carbons (Fsp3) is 0.643. The predicted molar refractivity (Wildman–Crippen MR) is 73.8 cm³/mol. The van der Waals surface area contributed by atoms with Crippen molar-refractivity contribution in [3.63, 3.8) is 0 Å². The van der Waals surface area contributed by atoms with Gasteiger partial charge in [-0.25, -0.2) is 4.98 Å². The van der Waals surface area contributed by atoms with Crippen LogP contribution in [-0.2, 0) is 11.3 Å². The minimum absolute atomic E-state index is 0.783. The third kappa shape index (κ3) is 4.27. The topological polar surface area (TPSA) is 37.4 Å². The van der Waals surface area contributed by atoms with Gasteiger partial charge >= 0.3 is 0 Å². The molecule has 100 valence electrons. The summed E-state index contributed by atoms with van der Waals surface area (Å²) in [6.07, 6.45) is 2.70. The van der Waals surface area contributed by atoms with Gasteiger partial charge < -0.3 is 15.0 Å². The Morgan fingerprint density at radius 3 is 3.00 bits per heavy atom. The van der Waals surface area contributed by atoms with Crippen molar-refractivity contribution in [2.45, 2.75) is 19.4 Å². The van der Waals surface area contributed by atoms with Crippen LogP contribution in [0, 0.1) is 5.92 Å². The Balaban J connectivity index is 1.75. The molecule has 1 aliphatic rings. The van der Waals surface area contributed by atoms with E-state index in [1.54, 1.807) is 0 Å². The molecule has 18 heavy (non-hydrogen) atoms. The molecule has 0 amide bonds. The maximum Gasteiger partial charge on any atom is 0.128 e. The van der Waals surface area contributed by atoms with Crippen LogP contribution in [0.5, 0.6) is 0 Å². The van der Waals surface area contributed by atoms with E-state index in [-0.39, 0.29) is 0 Å². The van der Waals surface area contributed by atoms with Gasteiger partial charge in [0.1, 0.15) is 5.82 Å². The Morgan fingerprint density at radius 2 is 2.28 bits per heavy atom. The van der Waals surface area contributed by atoms with E-state index in [0.717, 1.165) is 43.7 Å². The standard InChI is InChI=1S/C14H23N3O/c1-15-10-13-4-3-5-14(16-13)17(2)8-9-18-11-12-6-7-12/h3-5,12,15H,6-11H2,1-2H3. The molecule has 1 aliphatic carbocycles. The summed E-state index contributed by atoms with van der Waals surface area (Å²) in [5.41, 5.74) is 1.07. The van der Waals surface area contributed by atoms with Crippen LogP contribution in [0.4, 0.5) is 5.82 Å². The second-order valence-corrected chi connectivity index (χ2v) is 4.96. The van der Waals surface area contributed by atoms with Crippen LogP contribution in [0.25, 0.3) is 0 Å². The summed E-state index contributed by atoms with van der Waals surface area (Å²) >= 11 is 0. The first-order chi connectivity index (χ1) is 8.79. The highest BCUT2D eigenvalue weighted by atomic mass is 16.5. The molecule has 1 aromatic heterocycles. The Morgan fingerprint density at radius 1 is 1.44 bits per heavy atom. The van der Waals surface area contributed by atoms with Crippen molar-refractivity contribution in [1.29, 1.82) is 0 Å². The molecule has 0 saturated heterocycles. The Kier molecular flexibility index (Phi) is 4.96. The number of nitrogens with one attached hydrogen (secondary N) is 1. The van der Waals surface area contributed by atoms with Gasteiger partial charge in [-0.3, -0.25) is 0 Å². The normalized spacial score (nSPS) is 14.8. The number of hydrogen-bond donors (Lipinski definition) is 1. The SMILES string of the molecule is CNCc1cccc(N(C)CCOCC2CC2)n1. The van der Waals surface area contributed by atoms with Gasteiger partial charge in [0.15, 0.2) is 0 Å². The average molecular weight is 249 g/mol. The van der Waals surface area contributed by atoms with Crippen molar-refractivity contribution < 1.29 is 4.74 Å². The lowest BCUT2D eigenvalue weighted by Crippen LogP contribution is -2.24. The Labute approximate surface area is 109 Å². The highest BCUT2D eigenvalue weighted by Crippen LogP contribution is 2.28. The molecule has 0 bridgehead atoms. The van der Waals surface area contributed by atoms with E-state index in [2.05, 4.69) is 28.3 Å². The van der Waals surface area contributed by atoms with Gasteiger partial charge in [0, 0.05) is 26.7 Å². The van der Waals surface area contributed by atoms with E-state index in [4.69, 9.17) is 4.74 Å².